The summed E-state index contributed by atoms with van der Waals surface area (Å²) in [5.74, 6) is 3.00. The van der Waals surface area contributed by atoms with Crippen LogP contribution >= 0.6 is 11.6 Å². The summed E-state index contributed by atoms with van der Waals surface area (Å²) in [7, 11) is 12.3. The third-order valence-corrected chi connectivity index (χ3v) is 17.5. The molecule has 33 heteroatoms. The van der Waals surface area contributed by atoms with Gasteiger partial charge in [-0.15, -0.1) is 0 Å². The molecular weight excluding hydrogens is 1470 g/mol. The summed E-state index contributed by atoms with van der Waals surface area (Å²) in [4.78, 5) is 71.9. The maximum absolute atomic E-state index is 15.6. The van der Waals surface area contributed by atoms with Crippen LogP contribution in [0.4, 0.5) is 28.4 Å². The Kier molecular flexibility index (Phi) is 23.0. The van der Waals surface area contributed by atoms with Crippen LogP contribution in [0, 0.1) is 48.3 Å². The highest BCUT2D eigenvalue weighted by Crippen LogP contribution is 2.43. The molecule has 0 bridgehead atoms. The van der Waals surface area contributed by atoms with Gasteiger partial charge in [0.1, 0.15) is 36.2 Å². The van der Waals surface area contributed by atoms with E-state index < -0.39 is 28.5 Å². The summed E-state index contributed by atoms with van der Waals surface area (Å²) >= 11 is 5.93. The van der Waals surface area contributed by atoms with Crippen molar-refractivity contribution in [2.75, 3.05) is 63.4 Å². The fourth-order valence-corrected chi connectivity index (χ4v) is 12.0. The first-order chi connectivity index (χ1) is 53.6. The number of benzene rings is 8. The molecular formula is C78H67ClF3N13O16. The Bertz CT molecular complexity index is 6070. The van der Waals surface area contributed by atoms with Gasteiger partial charge in [0.25, 0.3) is 5.69 Å². The normalized spacial score (nSPS) is 10.9. The summed E-state index contributed by atoms with van der Waals surface area (Å²) in [6, 6.07) is 32.6. The number of nitro benzene ring substituents is 1. The van der Waals surface area contributed by atoms with Gasteiger partial charge in [0.15, 0.2) is 80.7 Å². The number of hydrogen-bond acceptors (Lipinski definition) is 24. The molecule has 2 N–H and O–H groups in total. The molecule has 0 unspecified atom stereocenters. The van der Waals surface area contributed by atoms with Crippen molar-refractivity contribution in [2.45, 2.75) is 34.1 Å². The highest BCUT2D eigenvalue weighted by Gasteiger charge is 2.25. The van der Waals surface area contributed by atoms with Gasteiger partial charge in [-0.2, -0.15) is 0 Å². The predicted molar refractivity (Wildman–Crippen MR) is 406 cm³/mol. The number of ether oxygens (including phenoxy) is 12. The molecule has 15 rings (SSSR count). The number of non-ortho nitro benzene ring substituents is 1. The van der Waals surface area contributed by atoms with Crippen LogP contribution in [-0.2, 0) is 0 Å². The molecule has 29 nitrogen and oxygen atoms in total. The molecule has 0 atom stereocenters. The number of aromatic amines is 1. The first-order valence-corrected chi connectivity index (χ1v) is 33.8. The molecule has 0 fully saturated rings. The summed E-state index contributed by atoms with van der Waals surface area (Å²) in [6.07, 6.45) is 5.40. The Morgan fingerprint density at radius 1 is 0.450 bits per heavy atom. The van der Waals surface area contributed by atoms with Crippen molar-refractivity contribution in [1.29, 1.82) is 0 Å². The molecule has 0 radical (unpaired) electrons. The van der Waals surface area contributed by atoms with Gasteiger partial charge in [-0.1, -0.05) is 18.5 Å². The van der Waals surface area contributed by atoms with Crippen LogP contribution in [0.25, 0.3) is 76.3 Å². The average Bonchev–Trinajstić information content (AvgIpc) is 1.64. The number of H-pyrrole nitrogens is 1. The Morgan fingerprint density at radius 3 is 1.23 bits per heavy atom. The summed E-state index contributed by atoms with van der Waals surface area (Å²) in [5.41, 5.74) is 5.58. The largest absolute Gasteiger partial charge is 0.493 e. The predicted octanol–water partition coefficient (Wildman–Crippen LogP) is 17.3. The SMILES string of the molecule is CCCNC(=O)n1c(C)cc2c(F)c(Oc3ncnc4cc(OC)c(OC)cc34)ccc21.COc1cc2ncnc(Cl)c2cc1OC.COc1cc2ncnc(Oc3ccc4[nH]c(C)cc4c3F)c2cc1OC.COc1cc2ncnc(Oc3ccc4c(cc(C)n4C(=O)Oc4ccc([N+](=O)[O-])cc4)c3F)c2cc1OC. The molecule has 568 valence electrons. The fraction of sp³-hybridized carbons (Fsp3) is 0.179. The van der Waals surface area contributed by atoms with Gasteiger partial charge < -0.3 is 67.1 Å². The number of methoxy groups -OCH3 is 8. The van der Waals surface area contributed by atoms with Crippen molar-refractivity contribution >= 4 is 106 Å². The van der Waals surface area contributed by atoms with Gasteiger partial charge in [0.05, 0.1) is 111 Å². The van der Waals surface area contributed by atoms with Crippen LogP contribution in [0.5, 0.6) is 86.6 Å². The van der Waals surface area contributed by atoms with Crippen LogP contribution < -0.4 is 62.2 Å². The van der Waals surface area contributed by atoms with E-state index in [1.165, 1.54) is 119 Å². The molecule has 0 aliphatic carbocycles. The summed E-state index contributed by atoms with van der Waals surface area (Å²) in [6.45, 7) is 7.75. The van der Waals surface area contributed by atoms with E-state index in [1.807, 2.05) is 13.8 Å². The number of halogens is 4. The monoisotopic (exact) mass is 1530 g/mol. The quantitative estimate of drug-likeness (QED) is 0.0458. The average molecular weight is 1530 g/mol. The highest BCUT2D eigenvalue weighted by molar-refractivity contribution is 6.34. The van der Waals surface area contributed by atoms with E-state index >= 15 is 8.78 Å². The van der Waals surface area contributed by atoms with Crippen molar-refractivity contribution in [3.8, 4) is 86.6 Å². The zero-order valence-corrected chi connectivity index (χ0v) is 62.1. The van der Waals surface area contributed by atoms with Gasteiger partial charge >= 0.3 is 12.1 Å². The van der Waals surface area contributed by atoms with Crippen LogP contribution in [-0.4, -0.2) is 134 Å². The van der Waals surface area contributed by atoms with Crippen molar-refractivity contribution in [1.82, 2.24) is 59.3 Å². The van der Waals surface area contributed by atoms with Crippen LogP contribution in [0.2, 0.25) is 5.15 Å². The van der Waals surface area contributed by atoms with Gasteiger partial charge in [0.2, 0.25) is 17.6 Å². The molecule has 0 aliphatic rings. The molecule has 0 spiro atoms. The molecule has 0 saturated carbocycles. The third-order valence-electron chi connectivity index (χ3n) is 17.2. The van der Waals surface area contributed by atoms with E-state index in [9.17, 15) is 24.1 Å². The van der Waals surface area contributed by atoms with E-state index in [1.54, 1.807) is 114 Å². The standard InChI is InChI=1S/C26H19FN4O7.C23H23FN4O4.C19H16FN3O3.C10H9ClN2O2/c1-14-10-18-20(30(14)26(32)37-16-6-4-15(5-7-16)31(33)34)8-9-21(24(18)27)38-25-17-11-22(35-2)23(36-3)12-19(17)28-13-29-25;1-5-8-25-23(29)28-13(2)9-15-17(28)6-7-18(21(15)24)32-22-14-10-19(30-3)20(31-4)11-16(14)26-12-27-22;1-10-6-11-13(23-10)4-5-15(18(11)20)26-19-12-7-16(24-2)17(25-3)8-14(12)21-9-22-19;1-14-8-3-6-7(4-9(8)15-2)12-5-13-10(6)11/h4-13H,1-3H3;6-7,9-12H,5,8H2,1-4H3,(H,25,29);4-9,23H,1-3H3;3-5H,1-2H3. The Labute approximate surface area is 633 Å². The number of carbonyl (C=O) groups excluding carboxylic acids is 2. The van der Waals surface area contributed by atoms with E-state index in [0.29, 0.717) is 118 Å². The summed E-state index contributed by atoms with van der Waals surface area (Å²) in [5, 5.41) is 17.3. The number of fused-ring (bicyclic) bond motifs is 7. The number of aromatic nitrogens is 11. The topological polar surface area (TPSA) is 329 Å². The van der Waals surface area contributed by atoms with Gasteiger partial charge in [-0.05, 0) is 118 Å². The van der Waals surface area contributed by atoms with Crippen LogP contribution in [0.3, 0.4) is 0 Å². The van der Waals surface area contributed by atoms with E-state index in [2.05, 4.69) is 50.2 Å². The Balaban J connectivity index is 0.000000143. The molecule has 7 aromatic heterocycles. The highest BCUT2D eigenvalue weighted by atomic mass is 35.5. The van der Waals surface area contributed by atoms with E-state index in [0.717, 1.165) is 23.0 Å². The summed E-state index contributed by atoms with van der Waals surface area (Å²) < 4.78 is 113. The van der Waals surface area contributed by atoms with Crippen molar-refractivity contribution in [3.05, 3.63) is 203 Å². The maximum atomic E-state index is 15.6. The number of hydrogen-bond donors (Lipinski definition) is 2. The number of nitrogens with zero attached hydrogens (tertiary/aromatic N) is 11. The third kappa shape index (κ3) is 15.9. The van der Waals surface area contributed by atoms with Gasteiger partial charge in [-0.3, -0.25) is 14.7 Å². The lowest BCUT2D eigenvalue weighted by molar-refractivity contribution is -0.384. The number of amides is 1. The Morgan fingerprint density at radius 2 is 0.820 bits per heavy atom. The molecule has 1 amide bonds. The second-order valence-electron chi connectivity index (χ2n) is 23.9. The molecule has 0 saturated heterocycles. The minimum absolute atomic E-state index is 0.0154. The minimum Gasteiger partial charge on any atom is -0.493 e. The zero-order valence-electron chi connectivity index (χ0n) is 61.3. The molecule has 111 heavy (non-hydrogen) atoms. The molecule has 7 heterocycles. The van der Waals surface area contributed by atoms with E-state index in [4.69, 9.17) is 68.4 Å². The first kappa shape index (κ1) is 76.6. The molecule has 0 aliphatic heterocycles. The lowest BCUT2D eigenvalue weighted by Crippen LogP contribution is -2.29. The van der Waals surface area contributed by atoms with Crippen LogP contribution in [0.15, 0.2) is 153 Å². The maximum Gasteiger partial charge on any atom is 0.424 e. The second-order valence-corrected chi connectivity index (χ2v) is 24.3. The van der Waals surface area contributed by atoms with Crippen molar-refractivity contribution in [2.24, 2.45) is 0 Å². The zero-order chi connectivity index (χ0) is 78.9. The lowest BCUT2D eigenvalue weighted by Gasteiger charge is -2.12. The number of aryl methyl sites for hydroxylation is 3. The van der Waals surface area contributed by atoms with Crippen molar-refractivity contribution in [3.63, 3.8) is 0 Å². The van der Waals surface area contributed by atoms with Gasteiger partial charge in [-0.25, -0.2) is 67.2 Å². The number of carbonyl (C=O) groups is 2. The van der Waals surface area contributed by atoms with Crippen LogP contribution in [0.1, 0.15) is 30.4 Å². The number of nitro groups is 1. The number of rotatable bonds is 18. The first-order valence-electron chi connectivity index (χ1n) is 33.4. The smallest absolute Gasteiger partial charge is 0.424 e. The lowest BCUT2D eigenvalue weighted by atomic mass is 10.2. The number of nitrogens with one attached hydrogen (secondary N) is 2. The van der Waals surface area contributed by atoms with E-state index in [-0.39, 0.29) is 68.6 Å². The second kappa shape index (κ2) is 33.4. The van der Waals surface area contributed by atoms with Crippen molar-refractivity contribution < 1.29 is 84.5 Å². The van der Waals surface area contributed by atoms with Gasteiger partial charge in [0, 0.05) is 87.1 Å². The molecule has 8 aromatic carbocycles. The fourth-order valence-electron chi connectivity index (χ4n) is 11.8. The Hall–Kier alpha value is -14.0. The minimum atomic E-state index is -0.803. The molecule has 15 aromatic rings.